The van der Waals surface area contributed by atoms with E-state index in [9.17, 15) is 14.9 Å². The van der Waals surface area contributed by atoms with Crippen molar-refractivity contribution in [3.63, 3.8) is 0 Å². The largest absolute Gasteiger partial charge is 0.497 e. The molecule has 1 unspecified atom stereocenters. The zero-order chi connectivity index (χ0) is 21.4. The van der Waals surface area contributed by atoms with Crippen LogP contribution in [0.5, 0.6) is 5.75 Å². The highest BCUT2D eigenvalue weighted by Crippen LogP contribution is 2.35. The van der Waals surface area contributed by atoms with Gasteiger partial charge in [-0.15, -0.1) is 0 Å². The summed E-state index contributed by atoms with van der Waals surface area (Å²) in [4.78, 5) is 23.4. The second-order valence-corrected chi connectivity index (χ2v) is 7.56. The van der Waals surface area contributed by atoms with Crippen LogP contribution in [0, 0.1) is 17.0 Å². The van der Waals surface area contributed by atoms with Crippen molar-refractivity contribution in [2.24, 2.45) is 0 Å². The molecule has 0 saturated heterocycles. The van der Waals surface area contributed by atoms with E-state index in [1.54, 1.807) is 19.2 Å². The van der Waals surface area contributed by atoms with Gasteiger partial charge in [-0.1, -0.05) is 0 Å². The quantitative estimate of drug-likeness (QED) is 0.432. The number of ether oxygens (including phenoxy) is 1. The molecule has 30 heavy (non-hydrogen) atoms. The van der Waals surface area contributed by atoms with Crippen molar-refractivity contribution in [2.45, 2.75) is 38.8 Å². The van der Waals surface area contributed by atoms with Gasteiger partial charge in [0.2, 0.25) is 0 Å². The van der Waals surface area contributed by atoms with Crippen LogP contribution in [0.2, 0.25) is 0 Å². The summed E-state index contributed by atoms with van der Waals surface area (Å²) in [5.74, 6) is 1.12. The fourth-order valence-electron chi connectivity index (χ4n) is 3.50. The van der Waals surface area contributed by atoms with Crippen LogP contribution in [0.25, 0.3) is 11.0 Å². The molecule has 8 nitrogen and oxygen atoms in total. The molecule has 1 atom stereocenters. The topological polar surface area (TPSA) is 107 Å². The van der Waals surface area contributed by atoms with Gasteiger partial charge in [-0.2, -0.15) is 0 Å². The lowest BCUT2D eigenvalue weighted by molar-refractivity contribution is -0.384. The summed E-state index contributed by atoms with van der Waals surface area (Å²) in [5, 5.41) is 18.6. The fourth-order valence-corrected chi connectivity index (χ4v) is 3.50. The Balaban J connectivity index is 1.61. The Morgan fingerprint density at radius 2 is 2.03 bits per heavy atom. The molecule has 2 aromatic carbocycles. The van der Waals surface area contributed by atoms with E-state index < -0.39 is 4.92 Å². The van der Waals surface area contributed by atoms with Crippen LogP contribution in [0.4, 0.5) is 11.4 Å². The van der Waals surface area contributed by atoms with Crippen LogP contribution in [0.1, 0.15) is 47.5 Å². The average molecular weight is 409 g/mol. The number of nitro groups is 1. The first-order valence-corrected chi connectivity index (χ1v) is 9.80. The Labute approximate surface area is 173 Å². The molecule has 0 radical (unpaired) electrons. The van der Waals surface area contributed by atoms with Crippen LogP contribution in [0.15, 0.2) is 40.8 Å². The van der Waals surface area contributed by atoms with Crippen LogP contribution < -0.4 is 15.4 Å². The number of anilines is 1. The molecular weight excluding hydrogens is 386 g/mol. The number of aryl methyl sites for hydroxylation is 1. The van der Waals surface area contributed by atoms with E-state index in [0.29, 0.717) is 11.4 Å². The van der Waals surface area contributed by atoms with E-state index >= 15 is 0 Å². The van der Waals surface area contributed by atoms with Crippen molar-refractivity contribution < 1.29 is 18.9 Å². The van der Waals surface area contributed by atoms with Gasteiger partial charge in [-0.05, 0) is 57.0 Å². The maximum absolute atomic E-state index is 12.2. The number of carbonyl (C=O) groups is 1. The summed E-state index contributed by atoms with van der Waals surface area (Å²) >= 11 is 0. The van der Waals surface area contributed by atoms with Gasteiger partial charge in [0.25, 0.3) is 11.6 Å². The Hall–Kier alpha value is -3.55. The van der Waals surface area contributed by atoms with Gasteiger partial charge in [-0.3, -0.25) is 14.9 Å². The molecule has 0 bridgehead atoms. The minimum Gasteiger partial charge on any atom is -0.497 e. The number of hydrogen-bond acceptors (Lipinski definition) is 6. The molecule has 3 aromatic rings. The maximum Gasteiger partial charge on any atom is 0.293 e. The highest BCUT2D eigenvalue weighted by molar-refractivity contribution is 5.96. The number of nitrogens with zero attached hydrogens (tertiary/aromatic N) is 1. The van der Waals surface area contributed by atoms with Crippen LogP contribution in [0.3, 0.4) is 0 Å². The molecule has 1 aliphatic carbocycles. The number of nitro benzene ring substituents is 1. The minimum absolute atomic E-state index is 0.152. The number of benzene rings is 2. The van der Waals surface area contributed by atoms with Crippen LogP contribution in [-0.2, 0) is 0 Å². The number of furan rings is 1. The molecule has 4 rings (SSSR count). The van der Waals surface area contributed by atoms with E-state index in [1.165, 1.54) is 6.07 Å². The third-order valence-corrected chi connectivity index (χ3v) is 5.31. The summed E-state index contributed by atoms with van der Waals surface area (Å²) < 4.78 is 11.3. The molecular formula is C22H23N3O5. The van der Waals surface area contributed by atoms with Crippen molar-refractivity contribution in [1.82, 2.24) is 5.32 Å². The first-order chi connectivity index (χ1) is 14.4. The fraction of sp³-hybridized carbons (Fsp3) is 0.318. The Morgan fingerprint density at radius 3 is 2.70 bits per heavy atom. The summed E-state index contributed by atoms with van der Waals surface area (Å²) in [6, 6.07) is 9.89. The second kappa shape index (κ2) is 7.70. The summed E-state index contributed by atoms with van der Waals surface area (Å²) in [5.41, 5.74) is 2.11. The van der Waals surface area contributed by atoms with Gasteiger partial charge < -0.3 is 19.8 Å². The average Bonchev–Trinajstić information content (AvgIpc) is 3.49. The lowest BCUT2D eigenvalue weighted by Crippen LogP contribution is -2.25. The Kier molecular flexibility index (Phi) is 5.07. The van der Waals surface area contributed by atoms with E-state index in [2.05, 4.69) is 10.6 Å². The standard InChI is InChI=1S/C22H23N3O5/c1-12-17-11-16(29-3)7-9-20(17)30-21(12)13(2)23-18-8-4-14(10-19(18)25(27)28)22(26)24-15-5-6-15/h4,7-11,13,15,23H,5-6H2,1-3H3,(H,24,26). The van der Waals surface area contributed by atoms with E-state index in [-0.39, 0.29) is 29.2 Å². The van der Waals surface area contributed by atoms with E-state index in [4.69, 9.17) is 9.15 Å². The number of fused-ring (bicyclic) bond motifs is 1. The van der Waals surface area contributed by atoms with Crippen molar-refractivity contribution in [2.75, 3.05) is 12.4 Å². The van der Waals surface area contributed by atoms with Gasteiger partial charge in [0.05, 0.1) is 18.1 Å². The van der Waals surface area contributed by atoms with Gasteiger partial charge in [-0.25, -0.2) is 0 Å². The highest BCUT2D eigenvalue weighted by Gasteiger charge is 2.26. The van der Waals surface area contributed by atoms with Crippen molar-refractivity contribution in [3.8, 4) is 5.75 Å². The predicted octanol–water partition coefficient (Wildman–Crippen LogP) is 4.72. The zero-order valence-corrected chi connectivity index (χ0v) is 17.0. The van der Waals surface area contributed by atoms with E-state index in [0.717, 1.165) is 35.1 Å². The third-order valence-electron chi connectivity index (χ3n) is 5.31. The monoisotopic (exact) mass is 409 g/mol. The van der Waals surface area contributed by atoms with Gasteiger partial charge in [0.15, 0.2) is 0 Å². The molecule has 0 aliphatic heterocycles. The summed E-state index contributed by atoms with van der Waals surface area (Å²) in [6.07, 6.45) is 1.90. The first kappa shape index (κ1) is 19.8. The molecule has 1 saturated carbocycles. The van der Waals surface area contributed by atoms with E-state index in [1.807, 2.05) is 32.0 Å². The van der Waals surface area contributed by atoms with Gasteiger partial charge >= 0.3 is 0 Å². The summed E-state index contributed by atoms with van der Waals surface area (Å²) in [7, 11) is 1.61. The number of carbonyl (C=O) groups excluding carboxylic acids is 1. The lowest BCUT2D eigenvalue weighted by Gasteiger charge is -2.15. The summed E-state index contributed by atoms with van der Waals surface area (Å²) in [6.45, 7) is 3.82. The number of rotatable bonds is 7. The molecule has 1 heterocycles. The first-order valence-electron chi connectivity index (χ1n) is 9.80. The predicted molar refractivity (Wildman–Crippen MR) is 113 cm³/mol. The number of hydrogen-bond donors (Lipinski definition) is 2. The van der Waals surface area contributed by atoms with Gasteiger partial charge in [0.1, 0.15) is 22.8 Å². The molecule has 1 fully saturated rings. The Bertz CT molecular complexity index is 1130. The third kappa shape index (κ3) is 3.80. The molecule has 8 heteroatoms. The smallest absolute Gasteiger partial charge is 0.293 e. The molecule has 156 valence electrons. The van der Waals surface area contributed by atoms with Gasteiger partial charge in [0, 0.05) is 28.6 Å². The lowest BCUT2D eigenvalue weighted by atomic mass is 10.1. The van der Waals surface area contributed by atoms with Crippen LogP contribution >= 0.6 is 0 Å². The minimum atomic E-state index is -0.487. The maximum atomic E-state index is 12.2. The molecule has 0 spiro atoms. The Morgan fingerprint density at radius 1 is 1.27 bits per heavy atom. The highest BCUT2D eigenvalue weighted by atomic mass is 16.6. The number of methoxy groups -OCH3 is 1. The zero-order valence-electron chi connectivity index (χ0n) is 17.0. The SMILES string of the molecule is COc1ccc2oc(C(C)Nc3ccc(C(=O)NC4CC4)cc3[N+](=O)[O-])c(C)c2c1. The molecule has 1 aliphatic rings. The van der Waals surface area contributed by atoms with Crippen molar-refractivity contribution in [3.05, 3.63) is 63.4 Å². The molecule has 2 N–H and O–H groups in total. The van der Waals surface area contributed by atoms with Crippen molar-refractivity contribution in [1.29, 1.82) is 0 Å². The number of amides is 1. The van der Waals surface area contributed by atoms with Crippen molar-refractivity contribution >= 4 is 28.3 Å². The molecule has 1 amide bonds. The van der Waals surface area contributed by atoms with Crippen LogP contribution in [-0.4, -0.2) is 24.0 Å². The molecule has 1 aromatic heterocycles. The number of nitrogens with one attached hydrogen (secondary N) is 2. The second-order valence-electron chi connectivity index (χ2n) is 7.56. The normalized spacial score (nSPS) is 14.4.